The molecule has 0 atom stereocenters. The summed E-state index contributed by atoms with van der Waals surface area (Å²) in [4.78, 5) is 16.1. The number of methoxy groups -OCH3 is 1. The van der Waals surface area contributed by atoms with Crippen LogP contribution >= 0.6 is 22.6 Å². The van der Waals surface area contributed by atoms with Crippen molar-refractivity contribution < 1.29 is 19.0 Å². The van der Waals surface area contributed by atoms with Gasteiger partial charge in [0, 0.05) is 16.9 Å². The number of ether oxygens (including phenoxy) is 3. The first-order valence-corrected chi connectivity index (χ1v) is 8.02. The van der Waals surface area contributed by atoms with Crippen LogP contribution < -0.4 is 14.8 Å². The molecule has 0 bridgehead atoms. The predicted octanol–water partition coefficient (Wildman–Crippen LogP) is 2.73. The number of nitrogens with zero attached hydrogens (tertiary/aromatic N) is 1. The Morgan fingerprint density at radius 1 is 1.17 bits per heavy atom. The van der Waals surface area contributed by atoms with E-state index in [-0.39, 0.29) is 12.5 Å². The third-order valence-corrected chi connectivity index (χ3v) is 3.47. The van der Waals surface area contributed by atoms with Gasteiger partial charge >= 0.3 is 0 Å². The van der Waals surface area contributed by atoms with E-state index in [0.717, 1.165) is 3.57 Å². The Bertz CT molecular complexity index is 634. The van der Waals surface area contributed by atoms with Crippen LogP contribution in [0.3, 0.4) is 0 Å². The fraction of sp³-hybridized carbons (Fsp3) is 0.250. The molecule has 0 aliphatic carbocycles. The number of nitrogens with one attached hydrogen (secondary N) is 1. The van der Waals surface area contributed by atoms with E-state index in [2.05, 4.69) is 32.9 Å². The molecule has 0 aliphatic rings. The highest BCUT2D eigenvalue weighted by atomic mass is 127. The molecular formula is C16H17IN2O4. The number of carbonyl (C=O) groups excluding carboxylic acids is 1. The summed E-state index contributed by atoms with van der Waals surface area (Å²) in [5.41, 5.74) is 0.500. The van der Waals surface area contributed by atoms with Gasteiger partial charge in [-0.25, -0.2) is 4.98 Å². The Hall–Kier alpha value is -1.87. The first-order valence-electron chi connectivity index (χ1n) is 6.94. The van der Waals surface area contributed by atoms with Crippen molar-refractivity contribution in [2.45, 2.75) is 0 Å². The average Bonchev–Trinajstić information content (AvgIpc) is 2.56. The van der Waals surface area contributed by atoms with E-state index in [0.29, 0.717) is 30.5 Å². The zero-order valence-electron chi connectivity index (χ0n) is 12.6. The number of rotatable bonds is 8. The third kappa shape index (κ3) is 6.03. The lowest BCUT2D eigenvalue weighted by Crippen LogP contribution is -2.21. The molecule has 0 saturated heterocycles. The maximum atomic E-state index is 12.0. The highest BCUT2D eigenvalue weighted by Crippen LogP contribution is 2.20. The number of hydrogen-bond donors (Lipinski definition) is 1. The minimum atomic E-state index is -0.284. The smallest absolute Gasteiger partial charge is 0.262 e. The van der Waals surface area contributed by atoms with Crippen LogP contribution in [0.4, 0.5) is 5.69 Å². The van der Waals surface area contributed by atoms with Crippen LogP contribution in [0.25, 0.3) is 0 Å². The molecule has 6 nitrogen and oxygen atoms in total. The maximum absolute atomic E-state index is 12.0. The number of anilines is 1. The summed E-state index contributed by atoms with van der Waals surface area (Å²) in [5.74, 6) is 0.712. The number of carbonyl (C=O) groups is 1. The van der Waals surface area contributed by atoms with Gasteiger partial charge in [-0.1, -0.05) is 0 Å². The molecule has 1 amide bonds. The second kappa shape index (κ2) is 9.31. The molecule has 2 rings (SSSR count). The SMILES string of the molecule is COCCOc1ncccc1NC(=O)COc1ccc(I)cc1. The number of pyridine rings is 1. The van der Waals surface area contributed by atoms with Crippen LogP contribution in [-0.2, 0) is 9.53 Å². The van der Waals surface area contributed by atoms with Gasteiger partial charge in [0.25, 0.3) is 5.91 Å². The largest absolute Gasteiger partial charge is 0.484 e. The molecule has 2 aromatic rings. The highest BCUT2D eigenvalue weighted by molar-refractivity contribution is 14.1. The van der Waals surface area contributed by atoms with Crippen molar-refractivity contribution >= 4 is 34.2 Å². The van der Waals surface area contributed by atoms with Gasteiger partial charge in [0.1, 0.15) is 18.0 Å². The quantitative estimate of drug-likeness (QED) is 0.518. The Labute approximate surface area is 148 Å². The molecule has 1 N–H and O–H groups in total. The summed E-state index contributed by atoms with van der Waals surface area (Å²) < 4.78 is 16.9. The molecule has 1 aromatic heterocycles. The van der Waals surface area contributed by atoms with E-state index in [1.54, 1.807) is 25.4 Å². The molecule has 0 spiro atoms. The van der Waals surface area contributed by atoms with Crippen molar-refractivity contribution in [3.63, 3.8) is 0 Å². The number of halogens is 1. The lowest BCUT2D eigenvalue weighted by atomic mass is 10.3. The van der Waals surface area contributed by atoms with Crippen molar-refractivity contribution in [2.75, 3.05) is 32.2 Å². The molecule has 1 aromatic carbocycles. The van der Waals surface area contributed by atoms with E-state index in [1.807, 2.05) is 24.3 Å². The summed E-state index contributed by atoms with van der Waals surface area (Å²) in [6, 6.07) is 10.9. The Balaban J connectivity index is 1.88. The Kier molecular flexibility index (Phi) is 7.08. The summed E-state index contributed by atoms with van der Waals surface area (Å²) in [6.45, 7) is 0.711. The zero-order chi connectivity index (χ0) is 16.5. The van der Waals surface area contributed by atoms with Crippen molar-refractivity contribution in [2.24, 2.45) is 0 Å². The predicted molar refractivity (Wildman–Crippen MR) is 94.9 cm³/mol. The molecular weight excluding hydrogens is 411 g/mol. The van der Waals surface area contributed by atoms with Gasteiger partial charge < -0.3 is 19.5 Å². The van der Waals surface area contributed by atoms with Crippen molar-refractivity contribution in [3.8, 4) is 11.6 Å². The molecule has 0 saturated carbocycles. The summed E-state index contributed by atoms with van der Waals surface area (Å²) in [5, 5.41) is 2.73. The van der Waals surface area contributed by atoms with Crippen LogP contribution in [-0.4, -0.2) is 37.8 Å². The van der Waals surface area contributed by atoms with E-state index in [9.17, 15) is 4.79 Å². The van der Waals surface area contributed by atoms with Gasteiger partial charge in [-0.3, -0.25) is 4.79 Å². The van der Waals surface area contributed by atoms with Gasteiger partial charge in [0.2, 0.25) is 5.88 Å². The van der Waals surface area contributed by atoms with E-state index in [1.165, 1.54) is 0 Å². The maximum Gasteiger partial charge on any atom is 0.262 e. The van der Waals surface area contributed by atoms with Crippen LogP contribution in [0.1, 0.15) is 0 Å². The standard InChI is InChI=1S/C16H17IN2O4/c1-21-9-10-22-16-14(3-2-8-18-16)19-15(20)11-23-13-6-4-12(17)5-7-13/h2-8H,9-11H2,1H3,(H,19,20). The molecule has 0 radical (unpaired) electrons. The van der Waals surface area contributed by atoms with Crippen molar-refractivity contribution in [1.29, 1.82) is 0 Å². The normalized spacial score (nSPS) is 10.2. The van der Waals surface area contributed by atoms with E-state index in [4.69, 9.17) is 14.2 Å². The molecule has 0 unspecified atom stereocenters. The lowest BCUT2D eigenvalue weighted by molar-refractivity contribution is -0.118. The van der Waals surface area contributed by atoms with Gasteiger partial charge in [0.05, 0.1) is 6.61 Å². The summed E-state index contributed by atoms with van der Waals surface area (Å²) >= 11 is 2.21. The van der Waals surface area contributed by atoms with Crippen LogP contribution in [0.15, 0.2) is 42.6 Å². The number of hydrogen-bond acceptors (Lipinski definition) is 5. The molecule has 1 heterocycles. The minimum absolute atomic E-state index is 0.0903. The number of amides is 1. The summed E-state index contributed by atoms with van der Waals surface area (Å²) in [7, 11) is 1.59. The molecule has 0 aliphatic heterocycles. The second-order valence-electron chi connectivity index (χ2n) is 4.49. The van der Waals surface area contributed by atoms with Crippen LogP contribution in [0.5, 0.6) is 11.6 Å². The molecule has 7 heteroatoms. The van der Waals surface area contributed by atoms with E-state index < -0.39 is 0 Å². The summed E-state index contributed by atoms with van der Waals surface area (Å²) in [6.07, 6.45) is 1.60. The van der Waals surface area contributed by atoms with Gasteiger partial charge in [-0.15, -0.1) is 0 Å². The molecule has 23 heavy (non-hydrogen) atoms. The van der Waals surface area contributed by atoms with Crippen LogP contribution in [0, 0.1) is 3.57 Å². The molecule has 0 fully saturated rings. The lowest BCUT2D eigenvalue weighted by Gasteiger charge is -2.11. The first kappa shape index (κ1) is 17.5. The highest BCUT2D eigenvalue weighted by Gasteiger charge is 2.09. The minimum Gasteiger partial charge on any atom is -0.484 e. The zero-order valence-corrected chi connectivity index (χ0v) is 14.8. The molecule has 122 valence electrons. The van der Waals surface area contributed by atoms with E-state index >= 15 is 0 Å². The number of benzene rings is 1. The van der Waals surface area contributed by atoms with Crippen molar-refractivity contribution in [3.05, 3.63) is 46.2 Å². The second-order valence-corrected chi connectivity index (χ2v) is 5.73. The van der Waals surface area contributed by atoms with Gasteiger partial charge in [-0.2, -0.15) is 0 Å². The van der Waals surface area contributed by atoms with Crippen molar-refractivity contribution in [1.82, 2.24) is 4.98 Å². The van der Waals surface area contributed by atoms with Gasteiger partial charge in [-0.05, 0) is 59.0 Å². The van der Waals surface area contributed by atoms with Crippen LogP contribution in [0.2, 0.25) is 0 Å². The average molecular weight is 428 g/mol. The van der Waals surface area contributed by atoms with Gasteiger partial charge in [0.15, 0.2) is 6.61 Å². The topological polar surface area (TPSA) is 69.7 Å². The third-order valence-electron chi connectivity index (χ3n) is 2.76. The fourth-order valence-corrected chi connectivity index (χ4v) is 2.05. The number of aromatic nitrogens is 1. The first-order chi connectivity index (χ1) is 11.2. The monoisotopic (exact) mass is 428 g/mol. The fourth-order valence-electron chi connectivity index (χ4n) is 1.69. The Morgan fingerprint density at radius 2 is 1.96 bits per heavy atom. The Morgan fingerprint density at radius 3 is 2.70 bits per heavy atom.